The van der Waals surface area contributed by atoms with Crippen molar-refractivity contribution in [1.29, 1.82) is 0 Å². The number of carbonyl (C=O) groups excluding carboxylic acids is 1. The monoisotopic (exact) mass is 376 g/mol. The molecule has 0 heterocycles. The van der Waals surface area contributed by atoms with Crippen molar-refractivity contribution < 1.29 is 14.7 Å². The van der Waals surface area contributed by atoms with Crippen LogP contribution in [0.5, 0.6) is 0 Å². The summed E-state index contributed by atoms with van der Waals surface area (Å²) in [6.45, 7) is 7.63. The minimum absolute atomic E-state index is 0.102. The van der Waals surface area contributed by atoms with Crippen LogP contribution in [0.25, 0.3) is 0 Å². The zero-order valence-electron chi connectivity index (χ0n) is 17.2. The minimum atomic E-state index is -0.728. The van der Waals surface area contributed by atoms with Gasteiger partial charge in [-0.3, -0.25) is 4.79 Å². The van der Waals surface area contributed by atoms with Crippen molar-refractivity contribution in [1.82, 2.24) is 0 Å². The Hall–Kier alpha value is -0.940. The molecule has 5 nitrogen and oxygen atoms in total. The van der Waals surface area contributed by atoms with E-state index in [0.29, 0.717) is 43.1 Å². The number of aliphatic hydroxyl groups is 1. The minimum Gasteiger partial charge on any atom is -0.395 e. The van der Waals surface area contributed by atoms with E-state index in [1.54, 1.807) is 0 Å². The lowest BCUT2D eigenvalue weighted by atomic mass is 9.41. The van der Waals surface area contributed by atoms with Gasteiger partial charge in [-0.25, -0.2) is 0 Å². The number of hydrogen-bond acceptors (Lipinski definition) is 5. The normalized spacial score (nSPS) is 50.9. The highest BCUT2D eigenvalue weighted by Crippen LogP contribution is 2.67. The molecule has 4 aliphatic rings. The molecular weight excluding hydrogens is 340 g/mol. The summed E-state index contributed by atoms with van der Waals surface area (Å²) in [7, 11) is 0. The number of oxime groups is 1. The molecule has 0 aromatic carbocycles. The van der Waals surface area contributed by atoms with Gasteiger partial charge in [-0.2, -0.15) is 0 Å². The lowest BCUT2D eigenvalue weighted by molar-refractivity contribution is -0.214. The molecule has 4 fully saturated rings. The van der Waals surface area contributed by atoms with Gasteiger partial charge < -0.3 is 15.7 Å². The summed E-state index contributed by atoms with van der Waals surface area (Å²) in [6.07, 6.45) is 7.37. The van der Waals surface area contributed by atoms with E-state index in [2.05, 4.69) is 25.9 Å². The van der Waals surface area contributed by atoms with E-state index in [1.165, 1.54) is 0 Å². The molecule has 0 bridgehead atoms. The first kappa shape index (κ1) is 19.4. The Balaban J connectivity index is 1.62. The summed E-state index contributed by atoms with van der Waals surface area (Å²) in [4.78, 5) is 17.9. The zero-order chi connectivity index (χ0) is 19.4. The Labute approximate surface area is 163 Å². The van der Waals surface area contributed by atoms with Crippen LogP contribution in [0.3, 0.4) is 0 Å². The predicted octanol–water partition coefficient (Wildman–Crippen LogP) is 3.29. The van der Waals surface area contributed by atoms with Crippen molar-refractivity contribution in [3.8, 4) is 0 Å². The molecule has 4 aliphatic carbocycles. The van der Waals surface area contributed by atoms with Gasteiger partial charge in [0.15, 0.2) is 0 Å². The fraction of sp³-hybridized carbons (Fsp3) is 0.909. The number of ketones is 1. The Morgan fingerprint density at radius 1 is 1.22 bits per heavy atom. The number of nitrogens with two attached hydrogens (primary N) is 1. The molecule has 0 radical (unpaired) electrons. The van der Waals surface area contributed by atoms with Gasteiger partial charge in [0.1, 0.15) is 12.4 Å². The van der Waals surface area contributed by atoms with Gasteiger partial charge in [-0.15, -0.1) is 0 Å². The van der Waals surface area contributed by atoms with Crippen LogP contribution in [-0.2, 0) is 9.63 Å². The van der Waals surface area contributed by atoms with E-state index in [0.717, 1.165) is 50.7 Å². The number of hydrogen-bond donors (Lipinski definition) is 2. The maximum atomic E-state index is 12.6. The summed E-state index contributed by atoms with van der Waals surface area (Å²) in [5.41, 5.74) is 5.53. The van der Waals surface area contributed by atoms with Gasteiger partial charge in [-0.05, 0) is 62.2 Å². The highest BCUT2D eigenvalue weighted by atomic mass is 16.6. The van der Waals surface area contributed by atoms with Crippen LogP contribution < -0.4 is 5.73 Å². The highest BCUT2D eigenvalue weighted by Gasteiger charge is 2.66. The molecule has 0 saturated heterocycles. The summed E-state index contributed by atoms with van der Waals surface area (Å²) in [5.74, 6) is 2.29. The van der Waals surface area contributed by atoms with Gasteiger partial charge in [-0.1, -0.05) is 25.9 Å². The van der Waals surface area contributed by atoms with Crippen LogP contribution in [0.2, 0.25) is 0 Å². The fourth-order valence-electron chi connectivity index (χ4n) is 7.51. The fourth-order valence-corrected chi connectivity index (χ4v) is 7.51. The second-order valence-corrected chi connectivity index (χ2v) is 10.2. The smallest absolute Gasteiger partial charge is 0.139 e. The topological polar surface area (TPSA) is 84.9 Å². The van der Waals surface area contributed by atoms with Crippen LogP contribution >= 0.6 is 0 Å². The van der Waals surface area contributed by atoms with E-state index < -0.39 is 5.60 Å². The van der Waals surface area contributed by atoms with Crippen molar-refractivity contribution in [2.45, 2.75) is 77.7 Å². The first-order valence-electron chi connectivity index (χ1n) is 10.9. The third kappa shape index (κ3) is 2.64. The van der Waals surface area contributed by atoms with Crippen LogP contribution in [0.15, 0.2) is 5.16 Å². The maximum absolute atomic E-state index is 12.6. The molecule has 0 aliphatic heterocycles. The molecule has 0 spiro atoms. The Morgan fingerprint density at radius 2 is 2.00 bits per heavy atom. The van der Waals surface area contributed by atoms with Crippen molar-refractivity contribution in [2.24, 2.45) is 45.4 Å². The van der Waals surface area contributed by atoms with Crippen LogP contribution in [-0.4, -0.2) is 35.4 Å². The Kier molecular flexibility index (Phi) is 4.70. The zero-order valence-corrected chi connectivity index (χ0v) is 17.2. The third-order valence-electron chi connectivity index (χ3n) is 9.20. The van der Waals surface area contributed by atoms with E-state index in [1.807, 2.05) is 0 Å². The van der Waals surface area contributed by atoms with Crippen molar-refractivity contribution >= 4 is 11.5 Å². The molecule has 3 N–H and O–H groups in total. The van der Waals surface area contributed by atoms with Crippen molar-refractivity contribution in [3.63, 3.8) is 0 Å². The molecule has 27 heavy (non-hydrogen) atoms. The molecule has 4 saturated carbocycles. The molecule has 0 aromatic heterocycles. The standard InChI is InChI=1S/C22H36N2O3/c1-14-12-16-17-4-5-19(25)20(17,2)8-7-18(16)21(3)9-6-15(13-22(14,21)26)24-27-11-10-23/h14,16-18,26H,4-13,23H2,1-3H3/b24-15-/t14-,16-,17-,18-,20-,21+,22-/m0/s1. The molecule has 7 atom stereocenters. The van der Waals surface area contributed by atoms with Gasteiger partial charge >= 0.3 is 0 Å². The Bertz CT molecular complexity index is 649. The van der Waals surface area contributed by atoms with Crippen molar-refractivity contribution in [2.75, 3.05) is 13.2 Å². The van der Waals surface area contributed by atoms with E-state index >= 15 is 0 Å². The quantitative estimate of drug-likeness (QED) is 0.585. The molecule has 0 unspecified atom stereocenters. The van der Waals surface area contributed by atoms with E-state index in [4.69, 9.17) is 10.6 Å². The van der Waals surface area contributed by atoms with Crippen LogP contribution in [0.4, 0.5) is 0 Å². The van der Waals surface area contributed by atoms with E-state index in [9.17, 15) is 9.90 Å². The highest BCUT2D eigenvalue weighted by molar-refractivity contribution is 5.87. The SMILES string of the molecule is C[C@H]1C[C@H]2[C@@H]3CCC(=O)[C@@]3(C)CC[C@@H]2[C@@]2(C)CC/C(=N/OCCN)C[C@]12O. The number of nitrogens with zero attached hydrogens (tertiary/aromatic N) is 1. The summed E-state index contributed by atoms with van der Waals surface area (Å²) >= 11 is 0. The molecule has 4 rings (SSSR count). The van der Waals surface area contributed by atoms with Gasteiger partial charge in [0.05, 0.1) is 11.3 Å². The van der Waals surface area contributed by atoms with Crippen LogP contribution in [0.1, 0.15) is 72.1 Å². The second kappa shape index (κ2) is 6.55. The number of fused-ring (bicyclic) bond motifs is 5. The Morgan fingerprint density at radius 3 is 2.74 bits per heavy atom. The first-order valence-corrected chi connectivity index (χ1v) is 10.9. The average Bonchev–Trinajstić information content (AvgIpc) is 2.93. The van der Waals surface area contributed by atoms with Crippen LogP contribution in [0, 0.1) is 34.5 Å². The second-order valence-electron chi connectivity index (χ2n) is 10.2. The number of carbonyl (C=O) groups is 1. The maximum Gasteiger partial charge on any atom is 0.139 e. The molecule has 5 heteroatoms. The lowest BCUT2D eigenvalue weighted by Crippen LogP contribution is -2.65. The van der Waals surface area contributed by atoms with Gasteiger partial charge in [0.2, 0.25) is 0 Å². The molecular formula is C22H36N2O3. The third-order valence-corrected chi connectivity index (χ3v) is 9.20. The lowest BCUT2D eigenvalue weighted by Gasteiger charge is -2.65. The average molecular weight is 377 g/mol. The van der Waals surface area contributed by atoms with Crippen molar-refractivity contribution in [3.05, 3.63) is 0 Å². The first-order chi connectivity index (χ1) is 12.8. The molecule has 0 amide bonds. The van der Waals surface area contributed by atoms with Gasteiger partial charge in [0.25, 0.3) is 0 Å². The molecule has 0 aromatic rings. The number of Topliss-reactive ketones (excluding diaryl/α,β-unsaturated/α-hetero) is 1. The summed E-state index contributed by atoms with van der Waals surface area (Å²) < 4.78 is 0. The summed E-state index contributed by atoms with van der Waals surface area (Å²) in [5, 5.41) is 16.2. The number of rotatable bonds is 3. The molecule has 152 valence electrons. The predicted molar refractivity (Wildman–Crippen MR) is 105 cm³/mol. The van der Waals surface area contributed by atoms with E-state index in [-0.39, 0.29) is 16.7 Å². The van der Waals surface area contributed by atoms with Gasteiger partial charge in [0, 0.05) is 30.2 Å². The summed E-state index contributed by atoms with van der Waals surface area (Å²) in [6, 6.07) is 0. The largest absolute Gasteiger partial charge is 0.395 e.